The number of carbonyl (C=O) groups is 1. The molecule has 1 aromatic rings. The van der Waals surface area contributed by atoms with E-state index in [1.54, 1.807) is 6.92 Å². The number of H-pyrrole nitrogens is 1. The van der Waals surface area contributed by atoms with Crippen LogP contribution in [0.1, 0.15) is 39.5 Å². The highest BCUT2D eigenvalue weighted by molar-refractivity contribution is 5.67. The Kier molecular flexibility index (Phi) is 3.76. The number of hydrogen-bond donors (Lipinski definition) is 1. The Bertz CT molecular complexity index is 723. The van der Waals surface area contributed by atoms with Crippen molar-refractivity contribution in [1.29, 1.82) is 0 Å². The Morgan fingerprint density at radius 3 is 2.59 bits per heavy atom. The summed E-state index contributed by atoms with van der Waals surface area (Å²) in [6, 6.07) is 0. The average Bonchev–Trinajstić information content (AvgIpc) is 2.54. The molecule has 8 heteroatoms. The molecular weight excluding hydrogens is 295 g/mol. The normalized spacial score (nSPS) is 34.6. The van der Waals surface area contributed by atoms with Gasteiger partial charge in [0.25, 0.3) is 5.56 Å². The molecule has 1 saturated heterocycles. The lowest BCUT2D eigenvalue weighted by atomic mass is 9.84. The monoisotopic (exact) mass is 314 g/mol. The zero-order chi connectivity index (χ0) is 16.9. The number of aromatic nitrogens is 2. The first-order valence-corrected chi connectivity index (χ1v) is 6.86. The van der Waals surface area contributed by atoms with E-state index in [1.807, 2.05) is 0 Å². The summed E-state index contributed by atoms with van der Waals surface area (Å²) >= 11 is 0. The van der Waals surface area contributed by atoms with E-state index >= 15 is 4.39 Å². The highest BCUT2D eigenvalue weighted by Gasteiger charge is 2.65. The van der Waals surface area contributed by atoms with Gasteiger partial charge in [0.15, 0.2) is 17.5 Å². The molecule has 22 heavy (non-hydrogen) atoms. The van der Waals surface area contributed by atoms with Crippen LogP contribution in [0.5, 0.6) is 0 Å². The van der Waals surface area contributed by atoms with Gasteiger partial charge in [0.1, 0.15) is 6.10 Å². The standard InChI is InChI=1S/C14H19FN2O5/c1-7-6-17(12(20)16-10(7)19)11-13(4,15)14(5,8(2)21-11)22-9(3)18/h6,8,11H,1-5H3,(H,16,19,20)/t8-,11?,13+,14?/m1/s1. The average molecular weight is 314 g/mol. The summed E-state index contributed by atoms with van der Waals surface area (Å²) in [4.78, 5) is 36.8. The Morgan fingerprint density at radius 1 is 1.45 bits per heavy atom. The van der Waals surface area contributed by atoms with E-state index in [1.165, 1.54) is 33.9 Å². The molecule has 1 fully saturated rings. The molecule has 2 unspecified atom stereocenters. The molecule has 0 amide bonds. The molecule has 4 atom stereocenters. The quantitative estimate of drug-likeness (QED) is 0.816. The topological polar surface area (TPSA) is 90.4 Å². The summed E-state index contributed by atoms with van der Waals surface area (Å²) in [6.45, 7) is 6.86. The maximum absolute atomic E-state index is 15.4. The van der Waals surface area contributed by atoms with Crippen molar-refractivity contribution in [3.05, 3.63) is 32.6 Å². The van der Waals surface area contributed by atoms with Gasteiger partial charge in [-0.15, -0.1) is 0 Å². The van der Waals surface area contributed by atoms with Gasteiger partial charge in [-0.05, 0) is 27.7 Å². The number of esters is 1. The zero-order valence-corrected chi connectivity index (χ0v) is 13.1. The number of hydrogen-bond acceptors (Lipinski definition) is 5. The van der Waals surface area contributed by atoms with Gasteiger partial charge < -0.3 is 9.47 Å². The third-order valence-corrected chi connectivity index (χ3v) is 4.30. The fraction of sp³-hybridized carbons (Fsp3) is 0.643. The molecule has 0 bridgehead atoms. The third kappa shape index (κ3) is 2.27. The van der Waals surface area contributed by atoms with Gasteiger partial charge in [0, 0.05) is 18.7 Å². The van der Waals surface area contributed by atoms with Gasteiger partial charge in [-0.1, -0.05) is 0 Å². The number of ether oxygens (including phenoxy) is 2. The van der Waals surface area contributed by atoms with E-state index in [2.05, 4.69) is 4.98 Å². The minimum absolute atomic E-state index is 0.243. The van der Waals surface area contributed by atoms with E-state index in [9.17, 15) is 14.4 Å². The first-order chi connectivity index (χ1) is 10.0. The Hall–Kier alpha value is -1.96. The first kappa shape index (κ1) is 16.4. The Labute approximate surface area is 126 Å². The van der Waals surface area contributed by atoms with Crippen molar-refractivity contribution >= 4 is 5.97 Å². The maximum Gasteiger partial charge on any atom is 0.330 e. The van der Waals surface area contributed by atoms with E-state index in [-0.39, 0.29) is 5.56 Å². The Balaban J connectivity index is 2.55. The summed E-state index contributed by atoms with van der Waals surface area (Å²) < 4.78 is 27.0. The largest absolute Gasteiger partial charge is 0.453 e. The number of rotatable bonds is 2. The van der Waals surface area contributed by atoms with Crippen molar-refractivity contribution in [2.24, 2.45) is 0 Å². The number of aryl methyl sites for hydroxylation is 1. The highest BCUT2D eigenvalue weighted by Crippen LogP contribution is 2.49. The van der Waals surface area contributed by atoms with Crippen LogP contribution >= 0.6 is 0 Å². The molecule has 0 aromatic carbocycles. The highest BCUT2D eigenvalue weighted by atomic mass is 19.1. The summed E-state index contributed by atoms with van der Waals surface area (Å²) in [6.07, 6.45) is -0.874. The van der Waals surface area contributed by atoms with Gasteiger partial charge in [-0.25, -0.2) is 9.18 Å². The van der Waals surface area contributed by atoms with Crippen LogP contribution in [0.2, 0.25) is 0 Å². The lowest BCUT2D eigenvalue weighted by Gasteiger charge is -2.36. The molecule has 0 saturated carbocycles. The second-order valence-electron chi connectivity index (χ2n) is 5.89. The van der Waals surface area contributed by atoms with Crippen molar-refractivity contribution < 1.29 is 18.7 Å². The molecule has 2 heterocycles. The number of nitrogens with one attached hydrogen (secondary N) is 1. The predicted molar refractivity (Wildman–Crippen MR) is 75.3 cm³/mol. The van der Waals surface area contributed by atoms with Crippen LogP contribution in [0.15, 0.2) is 15.8 Å². The molecule has 7 nitrogen and oxygen atoms in total. The molecule has 0 aliphatic carbocycles. The van der Waals surface area contributed by atoms with E-state index < -0.39 is 40.8 Å². The number of carbonyl (C=O) groups excluding carboxylic acids is 1. The number of nitrogens with zero attached hydrogens (tertiary/aromatic N) is 1. The van der Waals surface area contributed by atoms with Crippen molar-refractivity contribution in [2.45, 2.75) is 58.2 Å². The summed E-state index contributed by atoms with van der Waals surface area (Å²) in [5.41, 5.74) is -4.83. The third-order valence-electron chi connectivity index (χ3n) is 4.30. The van der Waals surface area contributed by atoms with Crippen molar-refractivity contribution in [1.82, 2.24) is 9.55 Å². The van der Waals surface area contributed by atoms with Crippen LogP contribution in [0.4, 0.5) is 4.39 Å². The summed E-state index contributed by atoms with van der Waals surface area (Å²) in [7, 11) is 0. The Morgan fingerprint density at radius 2 is 2.05 bits per heavy atom. The number of alkyl halides is 1. The van der Waals surface area contributed by atoms with E-state index in [0.717, 1.165) is 4.57 Å². The fourth-order valence-electron chi connectivity index (χ4n) is 2.66. The number of halogens is 1. The first-order valence-electron chi connectivity index (χ1n) is 6.86. The molecular formula is C14H19FN2O5. The molecule has 1 N–H and O–H groups in total. The van der Waals surface area contributed by atoms with Gasteiger partial charge in [-0.2, -0.15) is 0 Å². The smallest absolute Gasteiger partial charge is 0.330 e. The SMILES string of the molecule is CC(=O)OC1(C)[C@@H](C)OC(n2cc(C)c(=O)[nH]c2=O)[C@]1(C)F. The van der Waals surface area contributed by atoms with Crippen molar-refractivity contribution in [3.8, 4) is 0 Å². The molecule has 1 aliphatic rings. The maximum atomic E-state index is 15.4. The van der Waals surface area contributed by atoms with Crippen LogP contribution in [0, 0.1) is 6.92 Å². The minimum Gasteiger partial charge on any atom is -0.453 e. The molecule has 0 spiro atoms. The predicted octanol–water partition coefficient (Wildman–Crippen LogP) is 0.812. The fourth-order valence-corrected chi connectivity index (χ4v) is 2.66. The van der Waals surface area contributed by atoms with Gasteiger partial charge in [-0.3, -0.25) is 19.1 Å². The van der Waals surface area contributed by atoms with Crippen molar-refractivity contribution in [3.63, 3.8) is 0 Å². The minimum atomic E-state index is -2.17. The molecule has 1 aromatic heterocycles. The molecule has 2 rings (SSSR count). The van der Waals surface area contributed by atoms with Gasteiger partial charge >= 0.3 is 11.7 Å². The van der Waals surface area contributed by atoms with Crippen LogP contribution in [-0.2, 0) is 14.3 Å². The molecule has 1 aliphatic heterocycles. The van der Waals surface area contributed by atoms with Crippen LogP contribution in [0.3, 0.4) is 0 Å². The van der Waals surface area contributed by atoms with Crippen LogP contribution in [-0.4, -0.2) is 32.9 Å². The number of aromatic amines is 1. The summed E-state index contributed by atoms with van der Waals surface area (Å²) in [5, 5.41) is 0. The van der Waals surface area contributed by atoms with Crippen LogP contribution < -0.4 is 11.2 Å². The second-order valence-corrected chi connectivity index (χ2v) is 5.89. The molecule has 0 radical (unpaired) electrons. The van der Waals surface area contributed by atoms with E-state index in [0.29, 0.717) is 0 Å². The molecule has 122 valence electrons. The van der Waals surface area contributed by atoms with Crippen LogP contribution in [0.25, 0.3) is 0 Å². The second kappa shape index (κ2) is 5.05. The lowest BCUT2D eigenvalue weighted by molar-refractivity contribution is -0.172. The van der Waals surface area contributed by atoms with Gasteiger partial charge in [0.2, 0.25) is 0 Å². The van der Waals surface area contributed by atoms with Gasteiger partial charge in [0.05, 0.1) is 0 Å². The lowest BCUT2D eigenvalue weighted by Crippen LogP contribution is -2.54. The van der Waals surface area contributed by atoms with E-state index in [4.69, 9.17) is 9.47 Å². The summed E-state index contributed by atoms with van der Waals surface area (Å²) in [5.74, 6) is -0.646. The van der Waals surface area contributed by atoms with Crippen molar-refractivity contribution in [2.75, 3.05) is 0 Å². The zero-order valence-electron chi connectivity index (χ0n) is 13.1.